The van der Waals surface area contributed by atoms with Crippen LogP contribution in [0.15, 0.2) is 12.2 Å². The van der Waals surface area contributed by atoms with E-state index >= 15 is 0 Å². The van der Waals surface area contributed by atoms with E-state index in [0.717, 1.165) is 18.3 Å². The van der Waals surface area contributed by atoms with Gasteiger partial charge in [0.05, 0.1) is 6.10 Å². The molecule has 0 spiro atoms. The summed E-state index contributed by atoms with van der Waals surface area (Å²) >= 11 is 0. The third kappa shape index (κ3) is 6.26. The van der Waals surface area contributed by atoms with Gasteiger partial charge in [0.25, 0.3) is 0 Å². The largest absolute Gasteiger partial charge is 0.393 e. The zero-order chi connectivity index (χ0) is 12.7. The predicted molar refractivity (Wildman–Crippen MR) is 75.0 cm³/mol. The molecule has 1 N–H and O–H groups in total. The van der Waals surface area contributed by atoms with Crippen LogP contribution in [-0.2, 0) is 0 Å². The van der Waals surface area contributed by atoms with Gasteiger partial charge >= 0.3 is 0 Å². The van der Waals surface area contributed by atoms with Crippen molar-refractivity contribution in [3.05, 3.63) is 12.2 Å². The van der Waals surface area contributed by atoms with E-state index < -0.39 is 0 Å². The Kier molecular flexibility index (Phi) is 6.87. The summed E-state index contributed by atoms with van der Waals surface area (Å²) in [6.45, 7) is 6.57. The summed E-state index contributed by atoms with van der Waals surface area (Å²) in [4.78, 5) is 0. The molecule has 17 heavy (non-hydrogen) atoms. The van der Waals surface area contributed by atoms with Gasteiger partial charge in [0.1, 0.15) is 0 Å². The molecule has 0 saturated carbocycles. The highest BCUT2D eigenvalue weighted by Gasteiger charge is 2.20. The van der Waals surface area contributed by atoms with Crippen molar-refractivity contribution >= 4 is 0 Å². The van der Waals surface area contributed by atoms with E-state index in [1.54, 1.807) is 0 Å². The van der Waals surface area contributed by atoms with Crippen LogP contribution in [0.1, 0.15) is 65.7 Å². The minimum absolute atomic E-state index is 0.135. The standard InChI is InChI=1S/C16H30O/c1-4-5-7-13(2)10-15-8-6-9-16(12-15)11-14(3)17/h6,8,13-17H,4-5,7,9-12H2,1-3H3/t13?,14?,15-,16+/m1/s1. The molecule has 1 nitrogen and oxygen atoms in total. The molecule has 1 heteroatoms. The maximum atomic E-state index is 9.46. The Morgan fingerprint density at radius 2 is 2.06 bits per heavy atom. The molecule has 0 amide bonds. The Bertz CT molecular complexity index is 220. The molecular formula is C16H30O. The third-order valence-electron chi connectivity index (χ3n) is 3.94. The average molecular weight is 238 g/mol. The summed E-state index contributed by atoms with van der Waals surface area (Å²) in [6, 6.07) is 0. The summed E-state index contributed by atoms with van der Waals surface area (Å²) in [5.41, 5.74) is 0. The Balaban J connectivity index is 2.29. The molecule has 0 aromatic rings. The molecule has 2 unspecified atom stereocenters. The van der Waals surface area contributed by atoms with Gasteiger partial charge in [0.15, 0.2) is 0 Å². The maximum absolute atomic E-state index is 9.46. The molecule has 0 bridgehead atoms. The molecule has 1 aliphatic rings. The quantitative estimate of drug-likeness (QED) is 0.645. The first-order valence-electron chi connectivity index (χ1n) is 7.46. The maximum Gasteiger partial charge on any atom is 0.0514 e. The molecule has 0 aromatic carbocycles. The first kappa shape index (κ1) is 14.8. The lowest BCUT2D eigenvalue weighted by Crippen LogP contribution is -2.17. The van der Waals surface area contributed by atoms with E-state index in [9.17, 15) is 5.11 Å². The van der Waals surface area contributed by atoms with Crippen molar-refractivity contribution in [3.8, 4) is 0 Å². The van der Waals surface area contributed by atoms with Crippen LogP contribution in [-0.4, -0.2) is 11.2 Å². The topological polar surface area (TPSA) is 20.2 Å². The second-order valence-electron chi connectivity index (χ2n) is 6.09. The fourth-order valence-corrected chi connectivity index (χ4v) is 3.10. The molecule has 0 heterocycles. The Morgan fingerprint density at radius 1 is 1.29 bits per heavy atom. The van der Waals surface area contributed by atoms with Crippen molar-refractivity contribution in [2.75, 3.05) is 0 Å². The van der Waals surface area contributed by atoms with Gasteiger partial charge in [-0.25, -0.2) is 0 Å². The van der Waals surface area contributed by atoms with Gasteiger partial charge in [-0.1, -0.05) is 45.3 Å². The summed E-state index contributed by atoms with van der Waals surface area (Å²) in [5.74, 6) is 2.33. The highest BCUT2D eigenvalue weighted by Crippen LogP contribution is 2.31. The minimum Gasteiger partial charge on any atom is -0.393 e. The van der Waals surface area contributed by atoms with Crippen LogP contribution in [0.25, 0.3) is 0 Å². The van der Waals surface area contributed by atoms with E-state index in [0.29, 0.717) is 5.92 Å². The second-order valence-corrected chi connectivity index (χ2v) is 6.09. The molecule has 0 aliphatic heterocycles. The SMILES string of the molecule is CCCCC(C)C[C@H]1C=CC[C@@H](CC(C)O)C1. The lowest BCUT2D eigenvalue weighted by atomic mass is 9.79. The van der Waals surface area contributed by atoms with Gasteiger partial charge in [-0.2, -0.15) is 0 Å². The van der Waals surface area contributed by atoms with Crippen LogP contribution < -0.4 is 0 Å². The summed E-state index contributed by atoms with van der Waals surface area (Å²) in [7, 11) is 0. The lowest BCUT2D eigenvalue weighted by molar-refractivity contribution is 0.150. The Labute approximate surface area is 107 Å². The van der Waals surface area contributed by atoms with Gasteiger partial charge in [-0.05, 0) is 50.4 Å². The number of aliphatic hydroxyl groups excluding tert-OH is 1. The normalized spacial score (nSPS) is 28.0. The number of rotatable bonds is 7. The van der Waals surface area contributed by atoms with Gasteiger partial charge in [0, 0.05) is 0 Å². The number of aliphatic hydroxyl groups is 1. The molecule has 0 saturated heterocycles. The van der Waals surface area contributed by atoms with Crippen LogP contribution in [0.3, 0.4) is 0 Å². The number of unbranched alkanes of at least 4 members (excludes halogenated alkanes) is 1. The fourth-order valence-electron chi connectivity index (χ4n) is 3.10. The molecule has 1 aliphatic carbocycles. The number of hydrogen-bond donors (Lipinski definition) is 1. The molecular weight excluding hydrogens is 208 g/mol. The van der Waals surface area contributed by atoms with Crippen molar-refractivity contribution < 1.29 is 5.11 Å². The van der Waals surface area contributed by atoms with Gasteiger partial charge < -0.3 is 5.11 Å². The van der Waals surface area contributed by atoms with E-state index in [1.165, 1.54) is 38.5 Å². The van der Waals surface area contributed by atoms with E-state index in [2.05, 4.69) is 26.0 Å². The highest BCUT2D eigenvalue weighted by molar-refractivity contribution is 4.96. The molecule has 4 atom stereocenters. The fraction of sp³-hybridized carbons (Fsp3) is 0.875. The van der Waals surface area contributed by atoms with Crippen LogP contribution in [0, 0.1) is 17.8 Å². The van der Waals surface area contributed by atoms with Gasteiger partial charge in [0.2, 0.25) is 0 Å². The van der Waals surface area contributed by atoms with Crippen molar-refractivity contribution in [2.45, 2.75) is 71.8 Å². The van der Waals surface area contributed by atoms with Crippen LogP contribution in [0.5, 0.6) is 0 Å². The average Bonchev–Trinajstić information content (AvgIpc) is 2.26. The van der Waals surface area contributed by atoms with E-state index in [4.69, 9.17) is 0 Å². The monoisotopic (exact) mass is 238 g/mol. The highest BCUT2D eigenvalue weighted by atomic mass is 16.3. The smallest absolute Gasteiger partial charge is 0.0514 e. The zero-order valence-corrected chi connectivity index (χ0v) is 11.9. The molecule has 100 valence electrons. The summed E-state index contributed by atoms with van der Waals surface area (Å²) in [6.07, 6.45) is 13.5. The molecule has 1 rings (SSSR count). The van der Waals surface area contributed by atoms with Crippen LogP contribution >= 0.6 is 0 Å². The summed E-state index contributed by atoms with van der Waals surface area (Å²) < 4.78 is 0. The van der Waals surface area contributed by atoms with Gasteiger partial charge in [-0.3, -0.25) is 0 Å². The first-order valence-corrected chi connectivity index (χ1v) is 7.46. The van der Waals surface area contributed by atoms with Crippen molar-refractivity contribution in [1.82, 2.24) is 0 Å². The first-order chi connectivity index (χ1) is 8.11. The molecule has 0 radical (unpaired) electrons. The molecule has 0 fully saturated rings. The predicted octanol–water partition coefficient (Wildman–Crippen LogP) is 4.56. The Morgan fingerprint density at radius 3 is 2.71 bits per heavy atom. The van der Waals surface area contributed by atoms with E-state index in [1.807, 2.05) is 6.92 Å². The van der Waals surface area contributed by atoms with Crippen LogP contribution in [0.2, 0.25) is 0 Å². The van der Waals surface area contributed by atoms with Crippen molar-refractivity contribution in [2.24, 2.45) is 17.8 Å². The number of hydrogen-bond acceptors (Lipinski definition) is 1. The second kappa shape index (κ2) is 7.92. The minimum atomic E-state index is -0.135. The summed E-state index contributed by atoms with van der Waals surface area (Å²) in [5, 5.41) is 9.46. The van der Waals surface area contributed by atoms with Crippen LogP contribution in [0.4, 0.5) is 0 Å². The zero-order valence-electron chi connectivity index (χ0n) is 11.9. The number of allylic oxidation sites excluding steroid dienone is 2. The van der Waals surface area contributed by atoms with Crippen molar-refractivity contribution in [1.29, 1.82) is 0 Å². The lowest BCUT2D eigenvalue weighted by Gasteiger charge is -2.27. The van der Waals surface area contributed by atoms with Gasteiger partial charge in [-0.15, -0.1) is 0 Å². The third-order valence-corrected chi connectivity index (χ3v) is 3.94. The van der Waals surface area contributed by atoms with E-state index in [-0.39, 0.29) is 6.10 Å². The Hall–Kier alpha value is -0.300. The molecule has 0 aromatic heterocycles. The van der Waals surface area contributed by atoms with Crippen molar-refractivity contribution in [3.63, 3.8) is 0 Å².